The van der Waals surface area contributed by atoms with Crippen LogP contribution in [0.15, 0.2) is 24.3 Å². The number of rotatable bonds is 7. The molecule has 9 heteroatoms. The lowest BCUT2D eigenvalue weighted by atomic mass is 9.97. The van der Waals surface area contributed by atoms with Crippen LogP contribution < -0.4 is 9.46 Å². The highest BCUT2D eigenvalue weighted by Crippen LogP contribution is 2.19. The van der Waals surface area contributed by atoms with Crippen molar-refractivity contribution in [3.8, 4) is 5.75 Å². The van der Waals surface area contributed by atoms with E-state index in [0.717, 1.165) is 0 Å². The molecule has 1 saturated heterocycles. The van der Waals surface area contributed by atoms with Gasteiger partial charge in [0.2, 0.25) is 15.9 Å². The summed E-state index contributed by atoms with van der Waals surface area (Å²) < 4.78 is 32.3. The number of aliphatic carboxylic acids is 1. The van der Waals surface area contributed by atoms with Gasteiger partial charge in [0.05, 0.1) is 12.0 Å². The molecule has 1 fully saturated rings. The molecule has 0 aliphatic carbocycles. The molecular formula is C17H24N2O6S. The summed E-state index contributed by atoms with van der Waals surface area (Å²) in [7, 11) is -3.85. The van der Waals surface area contributed by atoms with Crippen LogP contribution in [0.5, 0.6) is 5.75 Å². The molecule has 0 spiro atoms. The van der Waals surface area contributed by atoms with Gasteiger partial charge in [-0.15, -0.1) is 0 Å². The van der Waals surface area contributed by atoms with Crippen molar-refractivity contribution in [2.24, 2.45) is 5.92 Å². The van der Waals surface area contributed by atoms with Crippen LogP contribution in [-0.4, -0.2) is 55.2 Å². The topological polar surface area (TPSA) is 113 Å². The molecule has 1 aromatic carbocycles. The van der Waals surface area contributed by atoms with Crippen molar-refractivity contribution in [3.05, 3.63) is 24.3 Å². The quantitative estimate of drug-likeness (QED) is 0.737. The molecular weight excluding hydrogens is 360 g/mol. The Labute approximate surface area is 153 Å². The molecule has 1 aliphatic rings. The van der Waals surface area contributed by atoms with Gasteiger partial charge in [-0.2, -0.15) is 0 Å². The first-order valence-corrected chi connectivity index (χ1v) is 10.1. The highest BCUT2D eigenvalue weighted by Gasteiger charge is 2.29. The van der Waals surface area contributed by atoms with Gasteiger partial charge in [0, 0.05) is 18.8 Å². The predicted molar refractivity (Wildman–Crippen MR) is 96.6 cm³/mol. The number of carboxylic acid groups (broad SMARTS) is 1. The molecule has 0 atom stereocenters. The summed E-state index contributed by atoms with van der Waals surface area (Å²) >= 11 is 0. The Morgan fingerprint density at radius 2 is 1.81 bits per heavy atom. The van der Waals surface area contributed by atoms with Crippen LogP contribution in [0.4, 0.5) is 5.69 Å². The maximum Gasteiger partial charge on any atom is 0.306 e. The minimum Gasteiger partial charge on any atom is -0.491 e. The average Bonchev–Trinajstić information content (AvgIpc) is 2.55. The second-order valence-electron chi connectivity index (χ2n) is 6.55. The molecule has 1 aliphatic heterocycles. The van der Waals surface area contributed by atoms with Crippen molar-refractivity contribution < 1.29 is 27.9 Å². The number of benzene rings is 1. The van der Waals surface area contributed by atoms with Crippen LogP contribution in [0.1, 0.15) is 26.7 Å². The number of hydrogen-bond acceptors (Lipinski definition) is 5. The van der Waals surface area contributed by atoms with Crippen molar-refractivity contribution in [2.45, 2.75) is 32.8 Å². The summed E-state index contributed by atoms with van der Waals surface area (Å²) in [6.07, 6.45) is 0.693. The predicted octanol–water partition coefficient (Wildman–Crippen LogP) is 1.54. The number of carbonyl (C=O) groups is 2. The number of carbonyl (C=O) groups excluding carboxylic acids is 1. The van der Waals surface area contributed by atoms with E-state index in [1.165, 1.54) is 4.90 Å². The number of likely N-dealkylation sites (tertiary alicyclic amines) is 1. The molecule has 2 N–H and O–H groups in total. The van der Waals surface area contributed by atoms with Gasteiger partial charge in [0.15, 0.2) is 0 Å². The summed E-state index contributed by atoms with van der Waals surface area (Å²) in [5.74, 6) is -1.92. The fraction of sp³-hybridized carbons (Fsp3) is 0.529. The number of sulfonamides is 1. The van der Waals surface area contributed by atoms with Crippen LogP contribution in [-0.2, 0) is 19.6 Å². The minimum absolute atomic E-state index is 0.0143. The molecule has 1 aromatic rings. The van der Waals surface area contributed by atoms with Gasteiger partial charge in [0.25, 0.3) is 0 Å². The summed E-state index contributed by atoms with van der Waals surface area (Å²) in [6.45, 7) is 4.29. The normalized spacial score (nSPS) is 15.7. The molecule has 0 aromatic heterocycles. The Morgan fingerprint density at radius 1 is 1.23 bits per heavy atom. The Kier molecular flexibility index (Phi) is 6.47. The number of carboxylic acids is 1. The average molecular weight is 384 g/mol. The summed E-state index contributed by atoms with van der Waals surface area (Å²) in [6, 6.07) is 6.43. The number of anilines is 1. The zero-order chi connectivity index (χ0) is 19.3. The Hall–Kier alpha value is -2.29. The number of ether oxygens (including phenoxy) is 1. The van der Waals surface area contributed by atoms with Crippen LogP contribution in [0.25, 0.3) is 0 Å². The van der Waals surface area contributed by atoms with Crippen LogP contribution in [0.2, 0.25) is 0 Å². The molecule has 0 unspecified atom stereocenters. The zero-order valence-corrected chi connectivity index (χ0v) is 15.7. The number of nitrogens with one attached hydrogen (secondary N) is 1. The molecule has 8 nitrogen and oxygen atoms in total. The maximum atomic E-state index is 12.2. The fourth-order valence-corrected chi connectivity index (χ4v) is 3.79. The van der Waals surface area contributed by atoms with E-state index in [-0.39, 0.29) is 19.2 Å². The van der Waals surface area contributed by atoms with Gasteiger partial charge < -0.3 is 14.7 Å². The van der Waals surface area contributed by atoms with Crippen molar-refractivity contribution in [2.75, 3.05) is 23.6 Å². The van der Waals surface area contributed by atoms with E-state index in [4.69, 9.17) is 9.84 Å². The maximum absolute atomic E-state index is 12.2. The number of piperidine rings is 1. The highest BCUT2D eigenvalue weighted by molar-refractivity contribution is 7.93. The van der Waals surface area contributed by atoms with Crippen LogP contribution in [0.3, 0.4) is 0 Å². The van der Waals surface area contributed by atoms with Crippen LogP contribution >= 0.6 is 0 Å². The standard InChI is InChI=1S/C17H24N2O6S/c1-12(2)25-15-5-3-14(4-6-15)18-26(23,24)11-16(20)19-9-7-13(8-10-19)17(21)22/h3-6,12-13,18H,7-11H2,1-2H3,(H,21,22). The van der Waals surface area contributed by atoms with Gasteiger partial charge in [0.1, 0.15) is 11.5 Å². The minimum atomic E-state index is -3.85. The van der Waals surface area contributed by atoms with E-state index in [9.17, 15) is 18.0 Å². The first-order valence-electron chi connectivity index (χ1n) is 8.44. The van der Waals surface area contributed by atoms with Crippen molar-refractivity contribution in [3.63, 3.8) is 0 Å². The summed E-state index contributed by atoms with van der Waals surface area (Å²) in [4.78, 5) is 24.5. The van der Waals surface area contributed by atoms with E-state index in [1.807, 2.05) is 13.8 Å². The molecule has 0 bridgehead atoms. The van der Waals surface area contributed by atoms with Gasteiger partial charge in [-0.1, -0.05) is 0 Å². The summed E-state index contributed by atoms with van der Waals surface area (Å²) in [5, 5.41) is 8.96. The lowest BCUT2D eigenvalue weighted by Crippen LogP contribution is -2.43. The number of amides is 1. The van der Waals surface area contributed by atoms with Crippen molar-refractivity contribution in [1.82, 2.24) is 4.90 Å². The fourth-order valence-electron chi connectivity index (χ4n) is 2.72. The molecule has 144 valence electrons. The lowest BCUT2D eigenvalue weighted by molar-refractivity contribution is -0.145. The number of nitrogens with zero attached hydrogens (tertiary/aromatic N) is 1. The molecule has 26 heavy (non-hydrogen) atoms. The van der Waals surface area contributed by atoms with E-state index in [0.29, 0.717) is 24.3 Å². The third-order valence-electron chi connectivity index (χ3n) is 4.01. The lowest BCUT2D eigenvalue weighted by Gasteiger charge is -2.30. The zero-order valence-electron chi connectivity index (χ0n) is 14.8. The first kappa shape index (κ1) is 20.0. The second-order valence-corrected chi connectivity index (χ2v) is 8.27. The molecule has 1 amide bonds. The highest BCUT2D eigenvalue weighted by atomic mass is 32.2. The third-order valence-corrected chi connectivity index (χ3v) is 5.18. The van der Waals surface area contributed by atoms with E-state index in [2.05, 4.69) is 4.72 Å². The van der Waals surface area contributed by atoms with Crippen molar-refractivity contribution in [1.29, 1.82) is 0 Å². The van der Waals surface area contributed by atoms with Crippen LogP contribution in [0, 0.1) is 5.92 Å². The molecule has 1 heterocycles. The third kappa shape index (κ3) is 5.91. The van der Waals surface area contributed by atoms with Gasteiger partial charge in [-0.3, -0.25) is 14.3 Å². The van der Waals surface area contributed by atoms with Gasteiger partial charge in [-0.05, 0) is 51.0 Å². The van der Waals surface area contributed by atoms with Gasteiger partial charge >= 0.3 is 5.97 Å². The summed E-state index contributed by atoms with van der Waals surface area (Å²) in [5.41, 5.74) is 0.346. The SMILES string of the molecule is CC(C)Oc1ccc(NS(=O)(=O)CC(=O)N2CCC(C(=O)O)CC2)cc1. The first-order chi connectivity index (χ1) is 12.2. The smallest absolute Gasteiger partial charge is 0.306 e. The Bertz CT molecular complexity index is 737. The Morgan fingerprint density at radius 3 is 2.31 bits per heavy atom. The number of hydrogen-bond donors (Lipinski definition) is 2. The van der Waals surface area contributed by atoms with E-state index in [1.54, 1.807) is 24.3 Å². The molecule has 2 rings (SSSR count). The van der Waals surface area contributed by atoms with Crippen molar-refractivity contribution >= 4 is 27.6 Å². The molecule has 0 radical (unpaired) electrons. The Balaban J connectivity index is 1.90. The monoisotopic (exact) mass is 384 g/mol. The van der Waals surface area contributed by atoms with E-state index >= 15 is 0 Å². The second kappa shape index (κ2) is 8.39. The molecule has 0 saturated carbocycles. The van der Waals surface area contributed by atoms with E-state index < -0.39 is 33.6 Å². The largest absolute Gasteiger partial charge is 0.491 e. The van der Waals surface area contributed by atoms with Gasteiger partial charge in [-0.25, -0.2) is 8.42 Å².